The first-order valence-corrected chi connectivity index (χ1v) is 7.92. The summed E-state index contributed by atoms with van der Waals surface area (Å²) in [4.78, 5) is 15.0. The molecule has 1 N–H and O–H groups in total. The van der Waals surface area contributed by atoms with Crippen LogP contribution in [0.15, 0.2) is 30.3 Å². The lowest BCUT2D eigenvalue weighted by Crippen LogP contribution is -2.31. The van der Waals surface area contributed by atoms with E-state index in [0.29, 0.717) is 18.0 Å². The maximum absolute atomic E-state index is 14.0. The smallest absolute Gasteiger partial charge is 0.321 e. The zero-order chi connectivity index (χ0) is 18.8. The normalized spacial score (nSPS) is 12.0. The van der Waals surface area contributed by atoms with Gasteiger partial charge in [-0.25, -0.2) is 13.6 Å². The van der Waals surface area contributed by atoms with Gasteiger partial charge in [-0.1, -0.05) is 6.07 Å². The molecule has 0 radical (unpaired) electrons. The zero-order valence-electron chi connectivity index (χ0n) is 14.7. The number of amides is 2. The fourth-order valence-corrected chi connectivity index (χ4v) is 2.67. The third kappa shape index (κ3) is 3.63. The maximum atomic E-state index is 14.0. The van der Waals surface area contributed by atoms with Crippen molar-refractivity contribution >= 4 is 17.4 Å². The maximum Gasteiger partial charge on any atom is 0.321 e. The molecule has 138 valence electrons. The van der Waals surface area contributed by atoms with E-state index < -0.39 is 17.7 Å². The minimum Gasteiger partial charge on any atom is -0.454 e. The molecule has 0 fully saturated rings. The van der Waals surface area contributed by atoms with Gasteiger partial charge >= 0.3 is 6.03 Å². The summed E-state index contributed by atoms with van der Waals surface area (Å²) >= 11 is 0. The third-order valence-corrected chi connectivity index (χ3v) is 3.92. The minimum absolute atomic E-state index is 0.0492. The molecule has 0 aromatic heterocycles. The molecule has 0 unspecified atom stereocenters. The number of rotatable bonds is 4. The second-order valence-corrected chi connectivity index (χ2v) is 6.16. The average Bonchev–Trinajstić information content (AvgIpc) is 3.01. The number of carbonyl (C=O) groups excluding carboxylic acids is 1. The Balaban J connectivity index is 1.68. The number of halogens is 2. The highest BCUT2D eigenvalue weighted by atomic mass is 19.1. The lowest BCUT2D eigenvalue weighted by atomic mass is 10.2. The Hall–Kier alpha value is -3.03. The Kier molecular flexibility index (Phi) is 4.83. The van der Waals surface area contributed by atoms with Crippen molar-refractivity contribution in [3.63, 3.8) is 0 Å². The van der Waals surface area contributed by atoms with Crippen LogP contribution in [-0.4, -0.2) is 38.9 Å². The number of nitrogens with one attached hydrogen (secondary N) is 1. The van der Waals surface area contributed by atoms with E-state index in [9.17, 15) is 13.6 Å². The molecule has 0 spiro atoms. The first kappa shape index (κ1) is 17.8. The molecule has 1 aliphatic rings. The molecule has 0 saturated carbocycles. The van der Waals surface area contributed by atoms with Gasteiger partial charge < -0.3 is 24.6 Å². The molecule has 1 heterocycles. The van der Waals surface area contributed by atoms with Crippen LogP contribution < -0.4 is 19.7 Å². The second kappa shape index (κ2) is 7.07. The predicted molar refractivity (Wildman–Crippen MR) is 93.7 cm³/mol. The Morgan fingerprint density at radius 1 is 1.08 bits per heavy atom. The highest BCUT2D eigenvalue weighted by Gasteiger charge is 2.17. The number of carbonyl (C=O) groups is 1. The van der Waals surface area contributed by atoms with Crippen LogP contribution in [0.25, 0.3) is 0 Å². The van der Waals surface area contributed by atoms with Gasteiger partial charge in [-0.3, -0.25) is 0 Å². The summed E-state index contributed by atoms with van der Waals surface area (Å²) in [6.07, 6.45) is 0. The highest BCUT2D eigenvalue weighted by molar-refractivity contribution is 5.89. The first-order valence-electron chi connectivity index (χ1n) is 7.92. The van der Waals surface area contributed by atoms with Gasteiger partial charge in [-0.2, -0.15) is 0 Å². The molecule has 3 rings (SSSR count). The largest absolute Gasteiger partial charge is 0.454 e. The summed E-state index contributed by atoms with van der Waals surface area (Å²) in [6, 6.07) is 7.07. The summed E-state index contributed by atoms with van der Waals surface area (Å²) in [6.45, 7) is 0.471. The SMILES string of the molecule is CN(Cc1ccc2c(c1)OCO2)C(=O)Nc1cc(F)c(N(C)C)c(F)c1. The summed E-state index contributed by atoms with van der Waals surface area (Å²) in [5.74, 6) is -0.208. The van der Waals surface area contributed by atoms with Crippen LogP contribution in [0.1, 0.15) is 5.56 Å². The van der Waals surface area contributed by atoms with Gasteiger partial charge in [0, 0.05) is 33.4 Å². The van der Waals surface area contributed by atoms with Crippen LogP contribution in [-0.2, 0) is 6.54 Å². The third-order valence-electron chi connectivity index (χ3n) is 3.92. The van der Waals surface area contributed by atoms with Crippen LogP contribution in [0, 0.1) is 11.6 Å². The molecule has 2 aromatic rings. The molecule has 2 aromatic carbocycles. The van der Waals surface area contributed by atoms with E-state index in [2.05, 4.69) is 5.32 Å². The molecule has 0 saturated heterocycles. The summed E-state index contributed by atoms with van der Waals surface area (Å²) in [7, 11) is 4.67. The van der Waals surface area contributed by atoms with E-state index in [1.165, 1.54) is 9.80 Å². The van der Waals surface area contributed by atoms with Crippen LogP contribution in [0.4, 0.5) is 25.0 Å². The van der Waals surface area contributed by atoms with Crippen molar-refractivity contribution in [2.45, 2.75) is 6.54 Å². The van der Waals surface area contributed by atoms with Crippen LogP contribution in [0.2, 0.25) is 0 Å². The summed E-state index contributed by atoms with van der Waals surface area (Å²) in [5, 5.41) is 2.49. The zero-order valence-corrected chi connectivity index (χ0v) is 14.7. The molecular formula is C18H19F2N3O3. The van der Waals surface area contributed by atoms with Crippen LogP contribution in [0.3, 0.4) is 0 Å². The van der Waals surface area contributed by atoms with Gasteiger partial charge in [0.1, 0.15) is 5.69 Å². The van der Waals surface area contributed by atoms with Gasteiger partial charge in [0.2, 0.25) is 6.79 Å². The van der Waals surface area contributed by atoms with Crippen LogP contribution >= 0.6 is 0 Å². The predicted octanol–water partition coefficient (Wildman–Crippen LogP) is 3.42. The lowest BCUT2D eigenvalue weighted by Gasteiger charge is -2.20. The molecule has 0 bridgehead atoms. The molecular weight excluding hydrogens is 344 g/mol. The van der Waals surface area contributed by atoms with E-state index in [1.807, 2.05) is 6.07 Å². The number of fused-ring (bicyclic) bond motifs is 1. The van der Waals surface area contributed by atoms with E-state index in [4.69, 9.17) is 9.47 Å². The van der Waals surface area contributed by atoms with E-state index in [1.54, 1.807) is 33.3 Å². The van der Waals surface area contributed by atoms with Crippen molar-refractivity contribution in [1.82, 2.24) is 4.90 Å². The second-order valence-electron chi connectivity index (χ2n) is 6.16. The fraction of sp³-hybridized carbons (Fsp3) is 0.278. The quantitative estimate of drug-likeness (QED) is 0.904. The fourth-order valence-electron chi connectivity index (χ4n) is 2.67. The molecule has 8 heteroatoms. The minimum atomic E-state index is -0.747. The topological polar surface area (TPSA) is 54.0 Å². The van der Waals surface area contributed by atoms with Crippen molar-refractivity contribution in [1.29, 1.82) is 0 Å². The van der Waals surface area contributed by atoms with Gasteiger partial charge in [0.15, 0.2) is 23.1 Å². The number of urea groups is 1. The van der Waals surface area contributed by atoms with Gasteiger partial charge in [-0.15, -0.1) is 0 Å². The van der Waals surface area contributed by atoms with E-state index in [-0.39, 0.29) is 18.2 Å². The van der Waals surface area contributed by atoms with Gasteiger partial charge in [0.05, 0.1) is 0 Å². The van der Waals surface area contributed by atoms with E-state index >= 15 is 0 Å². The lowest BCUT2D eigenvalue weighted by molar-refractivity contribution is 0.174. The molecule has 1 aliphatic heterocycles. The Morgan fingerprint density at radius 3 is 2.38 bits per heavy atom. The van der Waals surface area contributed by atoms with E-state index in [0.717, 1.165) is 17.7 Å². The van der Waals surface area contributed by atoms with Crippen molar-refractivity contribution in [3.8, 4) is 11.5 Å². The number of hydrogen-bond donors (Lipinski definition) is 1. The first-order chi connectivity index (χ1) is 12.3. The summed E-state index contributed by atoms with van der Waals surface area (Å²) < 4.78 is 38.6. The molecule has 2 amide bonds. The van der Waals surface area contributed by atoms with Crippen molar-refractivity contribution in [2.75, 3.05) is 38.2 Å². The van der Waals surface area contributed by atoms with Gasteiger partial charge in [-0.05, 0) is 29.8 Å². The van der Waals surface area contributed by atoms with Crippen molar-refractivity contribution in [3.05, 3.63) is 47.5 Å². The summed E-state index contributed by atoms with van der Waals surface area (Å²) in [5.41, 5.74) is 0.733. The van der Waals surface area contributed by atoms with Crippen LogP contribution in [0.5, 0.6) is 11.5 Å². The number of hydrogen-bond acceptors (Lipinski definition) is 4. The Labute approximate surface area is 149 Å². The Morgan fingerprint density at radius 2 is 1.73 bits per heavy atom. The molecule has 0 aliphatic carbocycles. The number of anilines is 2. The molecule has 26 heavy (non-hydrogen) atoms. The number of benzene rings is 2. The number of ether oxygens (including phenoxy) is 2. The van der Waals surface area contributed by atoms with Crippen molar-refractivity contribution in [2.24, 2.45) is 0 Å². The Bertz CT molecular complexity index is 819. The van der Waals surface area contributed by atoms with Gasteiger partial charge in [0.25, 0.3) is 0 Å². The molecule has 0 atom stereocenters. The standard InChI is InChI=1S/C18H19F2N3O3/c1-22(2)17-13(19)7-12(8-14(17)20)21-18(24)23(3)9-11-4-5-15-16(6-11)26-10-25-15/h4-8H,9-10H2,1-3H3,(H,21,24). The average molecular weight is 363 g/mol. The van der Waals surface area contributed by atoms with Crippen molar-refractivity contribution < 1.29 is 23.0 Å². The monoisotopic (exact) mass is 363 g/mol. The highest BCUT2D eigenvalue weighted by Crippen LogP contribution is 2.32. The number of nitrogens with zero attached hydrogens (tertiary/aromatic N) is 2. The molecule has 6 nitrogen and oxygen atoms in total.